The second kappa shape index (κ2) is 11.3. The number of fused-ring (bicyclic) bond motifs is 10. The fourth-order valence-corrected chi connectivity index (χ4v) is 8.27. The Morgan fingerprint density at radius 2 is 0.760 bits per heavy atom. The highest BCUT2D eigenvalue weighted by Gasteiger charge is 2.51. The van der Waals surface area contributed by atoms with E-state index in [0.29, 0.717) is 5.56 Å². The quantitative estimate of drug-likeness (QED) is 0.181. The Balaban J connectivity index is 1.06. The molecule has 0 atom stereocenters. The molecule has 0 bridgehead atoms. The molecule has 0 N–H and O–H groups in total. The van der Waals surface area contributed by atoms with Gasteiger partial charge >= 0.3 is 0 Å². The number of hydrogen-bond donors (Lipinski definition) is 0. The summed E-state index contributed by atoms with van der Waals surface area (Å²) in [6, 6.07) is 58.3. The van der Waals surface area contributed by atoms with Crippen LogP contribution >= 0.6 is 0 Å². The van der Waals surface area contributed by atoms with Crippen LogP contribution < -0.4 is 4.90 Å². The van der Waals surface area contributed by atoms with E-state index in [1.807, 2.05) is 42.5 Å². The molecular formula is C49H33N. The van der Waals surface area contributed by atoms with Crippen LogP contribution in [-0.2, 0) is 5.41 Å². The summed E-state index contributed by atoms with van der Waals surface area (Å²) in [6.07, 6.45) is 0. The lowest BCUT2D eigenvalue weighted by Gasteiger charge is -2.30. The molecular weight excluding hydrogens is 603 g/mol. The summed E-state index contributed by atoms with van der Waals surface area (Å²) in [4.78, 5) is 2.16. The molecule has 0 aliphatic heterocycles. The van der Waals surface area contributed by atoms with E-state index in [0.717, 1.165) is 28.2 Å². The highest BCUT2D eigenvalue weighted by molar-refractivity contribution is 5.96. The van der Waals surface area contributed by atoms with Crippen molar-refractivity contribution in [1.82, 2.24) is 0 Å². The Morgan fingerprint density at radius 1 is 0.340 bits per heavy atom. The molecule has 0 saturated carbocycles. The van der Waals surface area contributed by atoms with E-state index >= 15 is 0 Å². The first kappa shape index (κ1) is 23.8. The molecule has 0 radical (unpaired) electrons. The van der Waals surface area contributed by atoms with Gasteiger partial charge in [0.1, 0.15) is 0 Å². The van der Waals surface area contributed by atoms with Gasteiger partial charge in [-0.3, -0.25) is 0 Å². The molecule has 1 heteroatoms. The molecule has 234 valence electrons. The van der Waals surface area contributed by atoms with Crippen molar-refractivity contribution in [2.45, 2.75) is 5.41 Å². The van der Waals surface area contributed by atoms with Crippen molar-refractivity contribution in [2.24, 2.45) is 0 Å². The third kappa shape index (κ3) is 4.20. The molecule has 0 unspecified atom stereocenters. The van der Waals surface area contributed by atoms with Crippen molar-refractivity contribution in [3.63, 3.8) is 0 Å². The lowest BCUT2D eigenvalue weighted by Crippen LogP contribution is -2.25. The van der Waals surface area contributed by atoms with Crippen molar-refractivity contribution in [1.29, 1.82) is 0 Å². The lowest BCUT2D eigenvalue weighted by molar-refractivity contribution is 0.794. The summed E-state index contributed by atoms with van der Waals surface area (Å²) in [6.45, 7) is 0. The minimum Gasteiger partial charge on any atom is -0.311 e. The number of anilines is 3. The van der Waals surface area contributed by atoms with Gasteiger partial charge in [0.2, 0.25) is 0 Å². The maximum Gasteiger partial charge on any atom is 0.0725 e. The number of hydrogen-bond acceptors (Lipinski definition) is 1. The summed E-state index contributed by atoms with van der Waals surface area (Å²) >= 11 is 0. The minimum absolute atomic E-state index is 0.192. The molecule has 10 rings (SSSR count). The van der Waals surface area contributed by atoms with Gasteiger partial charge in [0, 0.05) is 17.1 Å². The minimum atomic E-state index is -0.402. The van der Waals surface area contributed by atoms with Crippen LogP contribution in [0.4, 0.5) is 17.1 Å². The molecule has 1 nitrogen and oxygen atoms in total. The molecule has 2 aliphatic carbocycles. The van der Waals surface area contributed by atoms with Crippen LogP contribution in [0.25, 0.3) is 44.5 Å². The van der Waals surface area contributed by atoms with E-state index in [2.05, 4.69) is 132 Å². The van der Waals surface area contributed by atoms with Gasteiger partial charge in [0.15, 0.2) is 0 Å². The maximum atomic E-state index is 8.47. The maximum absolute atomic E-state index is 8.47. The number of para-hydroxylation sites is 1. The van der Waals surface area contributed by atoms with Gasteiger partial charge < -0.3 is 4.90 Å². The second-order valence-corrected chi connectivity index (χ2v) is 12.9. The van der Waals surface area contributed by atoms with E-state index in [9.17, 15) is 0 Å². The molecule has 8 aromatic rings. The van der Waals surface area contributed by atoms with Crippen molar-refractivity contribution in [3.8, 4) is 44.5 Å². The molecule has 2 aliphatic rings. The van der Waals surface area contributed by atoms with E-state index in [-0.39, 0.29) is 29.7 Å². The molecule has 0 amide bonds. The standard InChI is InChI=1S/C49H33N/c1-3-13-34(14-4-1)35-23-28-39(29-24-35)50(38-15-5-2-6-16-38)40-30-25-36(26-31-40)37-27-32-44-43-19-9-12-22-47(43)49(48(44)33-37)45-20-10-7-17-41(45)42-18-8-11-21-46(42)49/h1-33H/i1D,3D,4D,13D,14D. The Bertz CT molecular complexity index is 2720. The van der Waals surface area contributed by atoms with Crippen LogP contribution in [0.1, 0.15) is 29.1 Å². The van der Waals surface area contributed by atoms with Gasteiger partial charge in [0.05, 0.1) is 12.3 Å². The zero-order valence-corrected chi connectivity index (χ0v) is 27.1. The van der Waals surface area contributed by atoms with Crippen molar-refractivity contribution in [3.05, 3.63) is 222 Å². The van der Waals surface area contributed by atoms with Crippen molar-refractivity contribution in [2.75, 3.05) is 4.90 Å². The number of nitrogens with zero attached hydrogens (tertiary/aromatic N) is 1. The van der Waals surface area contributed by atoms with E-state index in [1.165, 1.54) is 44.5 Å². The molecule has 0 saturated heterocycles. The highest BCUT2D eigenvalue weighted by Crippen LogP contribution is 2.63. The Kier molecular flexibility index (Phi) is 5.40. The SMILES string of the molecule is [2H]c1c([2H])c([2H])c(-c2ccc(N(c3ccccc3)c3ccc(-c4ccc5c(c4)C4(c6ccccc6-c6ccccc64)c4ccccc4-5)cc3)cc2)c([2H])c1[2H]. The van der Waals surface area contributed by atoms with Crippen LogP contribution in [0.15, 0.2) is 200 Å². The van der Waals surface area contributed by atoms with Gasteiger partial charge in [-0.1, -0.05) is 158 Å². The highest BCUT2D eigenvalue weighted by atomic mass is 15.1. The van der Waals surface area contributed by atoms with Gasteiger partial charge in [-0.25, -0.2) is 0 Å². The lowest BCUT2D eigenvalue weighted by atomic mass is 9.70. The smallest absolute Gasteiger partial charge is 0.0725 e. The van der Waals surface area contributed by atoms with Crippen LogP contribution in [0.3, 0.4) is 0 Å². The first-order chi connectivity index (χ1) is 26.9. The van der Waals surface area contributed by atoms with Gasteiger partial charge in [-0.15, -0.1) is 0 Å². The van der Waals surface area contributed by atoms with Crippen LogP contribution in [0, 0.1) is 0 Å². The number of benzene rings is 8. The largest absolute Gasteiger partial charge is 0.311 e. The summed E-state index contributed by atoms with van der Waals surface area (Å²) < 4.78 is 41.2. The monoisotopic (exact) mass is 640 g/mol. The third-order valence-electron chi connectivity index (χ3n) is 10.4. The van der Waals surface area contributed by atoms with Crippen LogP contribution in [0.5, 0.6) is 0 Å². The average Bonchev–Trinajstić information content (AvgIpc) is 3.71. The summed E-state index contributed by atoms with van der Waals surface area (Å²) in [7, 11) is 0. The Hall–Kier alpha value is -6.44. The van der Waals surface area contributed by atoms with Gasteiger partial charge in [0.25, 0.3) is 0 Å². The third-order valence-corrected chi connectivity index (χ3v) is 10.4. The predicted molar refractivity (Wildman–Crippen MR) is 208 cm³/mol. The topological polar surface area (TPSA) is 3.24 Å². The Labute approximate surface area is 300 Å². The molecule has 8 aromatic carbocycles. The predicted octanol–water partition coefficient (Wildman–Crippen LogP) is 12.8. The molecule has 1 spiro atoms. The summed E-state index contributed by atoms with van der Waals surface area (Å²) in [5.41, 5.74) is 15.8. The van der Waals surface area contributed by atoms with Gasteiger partial charge in [-0.05, 0) is 109 Å². The zero-order chi connectivity index (χ0) is 37.4. The number of rotatable bonds is 5. The average molecular weight is 641 g/mol. The Morgan fingerprint density at radius 3 is 1.30 bits per heavy atom. The molecule has 0 fully saturated rings. The summed E-state index contributed by atoms with van der Waals surface area (Å²) in [5.74, 6) is 0. The first-order valence-electron chi connectivity index (χ1n) is 19.4. The van der Waals surface area contributed by atoms with E-state index in [1.54, 1.807) is 0 Å². The fourth-order valence-electron chi connectivity index (χ4n) is 8.27. The normalized spacial score (nSPS) is 14.4. The first-order valence-corrected chi connectivity index (χ1v) is 16.9. The van der Waals surface area contributed by atoms with Crippen molar-refractivity contribution < 1.29 is 6.85 Å². The molecule has 0 aromatic heterocycles. The van der Waals surface area contributed by atoms with Crippen LogP contribution in [-0.4, -0.2) is 0 Å². The second-order valence-electron chi connectivity index (χ2n) is 12.9. The van der Waals surface area contributed by atoms with E-state index in [4.69, 9.17) is 6.85 Å². The van der Waals surface area contributed by atoms with Crippen LogP contribution in [0.2, 0.25) is 0 Å². The van der Waals surface area contributed by atoms with E-state index < -0.39 is 11.5 Å². The zero-order valence-electron chi connectivity index (χ0n) is 32.1. The van der Waals surface area contributed by atoms with Crippen molar-refractivity contribution >= 4 is 17.1 Å². The molecule has 0 heterocycles. The summed E-state index contributed by atoms with van der Waals surface area (Å²) in [5, 5.41) is 0. The molecule has 50 heavy (non-hydrogen) atoms. The fraction of sp³-hybridized carbons (Fsp3) is 0.0204. The van der Waals surface area contributed by atoms with Gasteiger partial charge in [-0.2, -0.15) is 0 Å².